The van der Waals surface area contributed by atoms with Gasteiger partial charge >= 0.3 is 0 Å². The van der Waals surface area contributed by atoms with Gasteiger partial charge in [0, 0.05) is 48.7 Å². The fourth-order valence-electron chi connectivity index (χ4n) is 3.73. The minimum Gasteiger partial charge on any atom is -0.378 e. The van der Waals surface area contributed by atoms with Crippen LogP contribution in [0.1, 0.15) is 0 Å². The Balaban J connectivity index is 1.71. The van der Waals surface area contributed by atoms with Crippen molar-refractivity contribution in [2.75, 3.05) is 19.0 Å². The number of hydrogen-bond donors (Lipinski definition) is 0. The van der Waals surface area contributed by atoms with Crippen molar-refractivity contribution in [2.24, 2.45) is 0 Å². The molecule has 0 unspecified atom stereocenters. The number of aromatic nitrogens is 2. The molecule has 0 aliphatic rings. The van der Waals surface area contributed by atoms with Gasteiger partial charge < -0.3 is 4.90 Å². The van der Waals surface area contributed by atoms with E-state index in [9.17, 15) is 8.42 Å². The lowest BCUT2D eigenvalue weighted by molar-refractivity contribution is 0.589. The molecule has 0 saturated heterocycles. The summed E-state index contributed by atoms with van der Waals surface area (Å²) >= 11 is 1.58. The van der Waals surface area contributed by atoms with Gasteiger partial charge in [0.15, 0.2) is 5.65 Å². The van der Waals surface area contributed by atoms with Crippen LogP contribution in [0.15, 0.2) is 94.8 Å². The third kappa shape index (κ3) is 3.49. The molecular formula is C25H21N3O2S2. The number of hydrogen-bond acceptors (Lipinski definition) is 5. The molecule has 32 heavy (non-hydrogen) atoms. The molecule has 0 spiro atoms. The van der Waals surface area contributed by atoms with Crippen LogP contribution >= 0.6 is 11.3 Å². The molecule has 7 heteroatoms. The van der Waals surface area contributed by atoms with E-state index in [1.54, 1.807) is 54.1 Å². The second-order valence-electron chi connectivity index (χ2n) is 7.71. The SMILES string of the molecule is CN(C)c1ccc(-c2cnc3c(c2)c(-c2ccsc2)cn3S(=O)(=O)c2ccccc2)cc1. The first-order valence-corrected chi connectivity index (χ1v) is 12.5. The van der Waals surface area contributed by atoms with Gasteiger partial charge in [0.05, 0.1) is 4.90 Å². The summed E-state index contributed by atoms with van der Waals surface area (Å²) in [5.74, 6) is 0. The van der Waals surface area contributed by atoms with Crippen molar-refractivity contribution in [3.05, 3.63) is 89.9 Å². The Hall–Kier alpha value is -3.42. The first kappa shape index (κ1) is 20.5. The largest absolute Gasteiger partial charge is 0.378 e. The summed E-state index contributed by atoms with van der Waals surface area (Å²) < 4.78 is 28.1. The molecular weight excluding hydrogens is 438 g/mol. The number of thiophene rings is 1. The number of benzene rings is 2. The molecule has 160 valence electrons. The van der Waals surface area contributed by atoms with Crippen LogP contribution in [-0.2, 0) is 10.0 Å². The van der Waals surface area contributed by atoms with Gasteiger partial charge in [-0.3, -0.25) is 0 Å². The van der Waals surface area contributed by atoms with Crippen molar-refractivity contribution in [3.8, 4) is 22.3 Å². The van der Waals surface area contributed by atoms with Gasteiger partial charge in [0.2, 0.25) is 0 Å². The fraction of sp³-hybridized carbons (Fsp3) is 0.0800. The van der Waals surface area contributed by atoms with Crippen LogP contribution in [0.2, 0.25) is 0 Å². The molecule has 0 radical (unpaired) electrons. The Morgan fingerprint density at radius 3 is 2.31 bits per heavy atom. The standard InChI is InChI=1S/C25H21N3O2S2/c1-27(2)21-10-8-18(9-11-21)20-14-23-24(19-12-13-31-17-19)16-28(25(23)26-15-20)32(29,30)22-6-4-3-5-7-22/h3-17H,1-2H3. The number of fused-ring (bicyclic) bond motifs is 1. The minimum atomic E-state index is -3.78. The Bertz CT molecular complexity index is 1490. The highest BCUT2D eigenvalue weighted by atomic mass is 32.2. The van der Waals surface area contributed by atoms with Crippen LogP contribution in [0.5, 0.6) is 0 Å². The predicted molar refractivity (Wildman–Crippen MR) is 132 cm³/mol. The van der Waals surface area contributed by atoms with Crippen LogP contribution in [0.3, 0.4) is 0 Å². The fourth-order valence-corrected chi connectivity index (χ4v) is 5.73. The van der Waals surface area contributed by atoms with Crippen molar-refractivity contribution in [3.63, 3.8) is 0 Å². The van der Waals surface area contributed by atoms with Crippen molar-refractivity contribution in [1.29, 1.82) is 0 Å². The highest BCUT2D eigenvalue weighted by Gasteiger charge is 2.23. The van der Waals surface area contributed by atoms with E-state index < -0.39 is 10.0 Å². The predicted octanol–water partition coefficient (Wildman–Crippen LogP) is 5.73. The molecule has 0 atom stereocenters. The molecule has 0 bridgehead atoms. The van der Waals surface area contributed by atoms with Gasteiger partial charge in [-0.15, -0.1) is 0 Å². The zero-order valence-corrected chi connectivity index (χ0v) is 19.3. The molecule has 0 amide bonds. The van der Waals surface area contributed by atoms with Crippen molar-refractivity contribution >= 4 is 38.1 Å². The van der Waals surface area contributed by atoms with Crippen molar-refractivity contribution in [1.82, 2.24) is 8.96 Å². The van der Waals surface area contributed by atoms with Crippen LogP contribution < -0.4 is 4.90 Å². The summed E-state index contributed by atoms with van der Waals surface area (Å²) in [6.45, 7) is 0. The maximum absolute atomic E-state index is 13.4. The van der Waals surface area contributed by atoms with E-state index in [2.05, 4.69) is 34.1 Å². The van der Waals surface area contributed by atoms with E-state index in [1.807, 2.05) is 37.0 Å². The van der Waals surface area contributed by atoms with Gasteiger partial charge in [-0.25, -0.2) is 17.4 Å². The van der Waals surface area contributed by atoms with E-state index in [0.717, 1.165) is 33.3 Å². The summed E-state index contributed by atoms with van der Waals surface area (Å²) in [5, 5.41) is 4.81. The molecule has 3 heterocycles. The average molecular weight is 460 g/mol. The first-order chi connectivity index (χ1) is 15.4. The monoisotopic (exact) mass is 459 g/mol. The lowest BCUT2D eigenvalue weighted by Crippen LogP contribution is -2.12. The second kappa shape index (κ2) is 7.93. The maximum Gasteiger partial charge on any atom is 0.269 e. The van der Waals surface area contributed by atoms with E-state index in [1.165, 1.54) is 3.97 Å². The van der Waals surface area contributed by atoms with Gasteiger partial charge in [-0.1, -0.05) is 30.3 Å². The van der Waals surface area contributed by atoms with E-state index >= 15 is 0 Å². The van der Waals surface area contributed by atoms with E-state index in [0.29, 0.717) is 5.65 Å². The molecule has 0 aliphatic heterocycles. The molecule has 3 aromatic heterocycles. The van der Waals surface area contributed by atoms with Crippen LogP contribution in [0.4, 0.5) is 5.69 Å². The normalized spacial score (nSPS) is 11.7. The summed E-state index contributed by atoms with van der Waals surface area (Å²) in [7, 11) is 0.235. The Labute approximate surface area is 191 Å². The van der Waals surface area contributed by atoms with Gasteiger partial charge in [0.25, 0.3) is 10.0 Å². The molecule has 0 aliphatic carbocycles. The highest BCUT2D eigenvalue weighted by molar-refractivity contribution is 7.90. The zero-order valence-electron chi connectivity index (χ0n) is 17.6. The molecule has 0 N–H and O–H groups in total. The third-order valence-corrected chi connectivity index (χ3v) is 7.81. The Morgan fingerprint density at radius 1 is 0.906 bits per heavy atom. The summed E-state index contributed by atoms with van der Waals surface area (Å²) in [5.41, 5.74) is 5.32. The Morgan fingerprint density at radius 2 is 1.66 bits per heavy atom. The summed E-state index contributed by atoms with van der Waals surface area (Å²) in [4.78, 5) is 6.90. The Kier molecular flexibility index (Phi) is 5.07. The number of anilines is 1. The van der Waals surface area contributed by atoms with Gasteiger partial charge in [-0.2, -0.15) is 11.3 Å². The number of pyridine rings is 1. The second-order valence-corrected chi connectivity index (χ2v) is 10.3. The molecule has 5 rings (SSSR count). The molecule has 0 fully saturated rings. The smallest absolute Gasteiger partial charge is 0.269 e. The average Bonchev–Trinajstić information content (AvgIpc) is 3.47. The summed E-state index contributed by atoms with van der Waals surface area (Å²) in [6, 6.07) is 20.7. The van der Waals surface area contributed by atoms with Crippen LogP contribution in [-0.4, -0.2) is 31.5 Å². The first-order valence-electron chi connectivity index (χ1n) is 10.1. The quantitative estimate of drug-likeness (QED) is 0.337. The molecule has 5 aromatic rings. The van der Waals surface area contributed by atoms with E-state index in [4.69, 9.17) is 0 Å². The highest BCUT2D eigenvalue weighted by Crippen LogP contribution is 2.35. The number of nitrogens with zero attached hydrogens (tertiary/aromatic N) is 3. The van der Waals surface area contributed by atoms with Gasteiger partial charge in [-0.05, 0) is 58.3 Å². The van der Waals surface area contributed by atoms with Crippen LogP contribution in [0.25, 0.3) is 33.3 Å². The maximum atomic E-state index is 13.4. The number of rotatable bonds is 5. The lowest BCUT2D eigenvalue weighted by Gasteiger charge is -2.12. The molecule has 5 nitrogen and oxygen atoms in total. The van der Waals surface area contributed by atoms with Gasteiger partial charge in [0.1, 0.15) is 0 Å². The van der Waals surface area contributed by atoms with Crippen molar-refractivity contribution < 1.29 is 8.42 Å². The van der Waals surface area contributed by atoms with Crippen molar-refractivity contribution in [2.45, 2.75) is 4.90 Å². The third-order valence-electron chi connectivity index (χ3n) is 5.46. The molecule has 2 aromatic carbocycles. The topological polar surface area (TPSA) is 55.2 Å². The van der Waals surface area contributed by atoms with E-state index in [-0.39, 0.29) is 4.90 Å². The zero-order chi connectivity index (χ0) is 22.3. The lowest BCUT2D eigenvalue weighted by atomic mass is 10.0. The minimum absolute atomic E-state index is 0.235. The molecule has 0 saturated carbocycles. The summed E-state index contributed by atoms with van der Waals surface area (Å²) in [6.07, 6.45) is 3.42. The van der Waals surface area contributed by atoms with Crippen LogP contribution in [0, 0.1) is 0 Å².